The van der Waals surface area contributed by atoms with E-state index in [9.17, 15) is 27.9 Å². The Balaban J connectivity index is 3.06. The fourth-order valence-corrected chi connectivity index (χ4v) is 1.78. The molecule has 110 valence electrons. The van der Waals surface area contributed by atoms with Crippen molar-refractivity contribution in [1.29, 1.82) is 0 Å². The van der Waals surface area contributed by atoms with Gasteiger partial charge in [-0.3, -0.25) is 9.59 Å². The van der Waals surface area contributed by atoms with Crippen LogP contribution in [0.25, 0.3) is 0 Å². The number of hydrogen-bond donors (Lipinski definition) is 2. The fourth-order valence-electron chi connectivity index (χ4n) is 1.44. The SMILES string of the molecule is O=C(O)CN(CC(F)(F)F)C(=O)c1ccc(Br)cc1O. The molecule has 1 rings (SSSR count). The van der Waals surface area contributed by atoms with Crippen LogP contribution < -0.4 is 0 Å². The molecule has 0 atom stereocenters. The molecule has 20 heavy (non-hydrogen) atoms. The van der Waals surface area contributed by atoms with Crippen LogP contribution in [0.2, 0.25) is 0 Å². The number of aliphatic carboxylic acids is 1. The van der Waals surface area contributed by atoms with Crippen LogP contribution in [0.1, 0.15) is 10.4 Å². The Morgan fingerprint density at radius 3 is 2.35 bits per heavy atom. The molecule has 5 nitrogen and oxygen atoms in total. The van der Waals surface area contributed by atoms with Crippen molar-refractivity contribution in [2.75, 3.05) is 13.1 Å². The van der Waals surface area contributed by atoms with Gasteiger partial charge in [0.2, 0.25) is 0 Å². The zero-order chi connectivity index (χ0) is 15.5. The highest BCUT2D eigenvalue weighted by Gasteiger charge is 2.34. The van der Waals surface area contributed by atoms with Gasteiger partial charge in [0.15, 0.2) is 0 Å². The van der Waals surface area contributed by atoms with Crippen LogP contribution in [0.15, 0.2) is 22.7 Å². The number of alkyl halides is 3. The van der Waals surface area contributed by atoms with E-state index in [0.717, 1.165) is 12.1 Å². The average Bonchev–Trinajstić information content (AvgIpc) is 2.24. The van der Waals surface area contributed by atoms with Crippen molar-refractivity contribution in [3.8, 4) is 5.75 Å². The van der Waals surface area contributed by atoms with Crippen LogP contribution in [0, 0.1) is 0 Å². The molecule has 0 aliphatic rings. The van der Waals surface area contributed by atoms with Gasteiger partial charge in [-0.05, 0) is 18.2 Å². The summed E-state index contributed by atoms with van der Waals surface area (Å²) < 4.78 is 37.4. The van der Waals surface area contributed by atoms with Gasteiger partial charge >= 0.3 is 12.1 Å². The van der Waals surface area contributed by atoms with Gasteiger partial charge in [0, 0.05) is 4.47 Å². The van der Waals surface area contributed by atoms with E-state index in [-0.39, 0.29) is 4.90 Å². The van der Waals surface area contributed by atoms with Crippen molar-refractivity contribution < 1.29 is 33.0 Å². The highest BCUT2D eigenvalue weighted by Crippen LogP contribution is 2.25. The summed E-state index contributed by atoms with van der Waals surface area (Å²) in [5.41, 5.74) is -0.404. The van der Waals surface area contributed by atoms with E-state index in [2.05, 4.69) is 15.9 Å². The Morgan fingerprint density at radius 1 is 1.30 bits per heavy atom. The molecule has 0 aliphatic heterocycles. The van der Waals surface area contributed by atoms with Gasteiger partial charge in [-0.2, -0.15) is 13.2 Å². The summed E-state index contributed by atoms with van der Waals surface area (Å²) >= 11 is 3.01. The number of benzene rings is 1. The van der Waals surface area contributed by atoms with E-state index in [0.29, 0.717) is 4.47 Å². The third-order valence-electron chi connectivity index (χ3n) is 2.17. The van der Waals surface area contributed by atoms with Gasteiger partial charge in [-0.15, -0.1) is 0 Å². The first kappa shape index (κ1) is 16.3. The van der Waals surface area contributed by atoms with Crippen molar-refractivity contribution >= 4 is 27.8 Å². The number of carbonyl (C=O) groups is 2. The molecule has 0 radical (unpaired) electrons. The number of nitrogens with zero attached hydrogens (tertiary/aromatic N) is 1. The highest BCUT2D eigenvalue weighted by atomic mass is 79.9. The number of amides is 1. The molecule has 0 saturated heterocycles. The van der Waals surface area contributed by atoms with E-state index < -0.39 is 42.5 Å². The van der Waals surface area contributed by atoms with Crippen LogP contribution in [0.4, 0.5) is 13.2 Å². The minimum absolute atomic E-state index is 0.102. The molecule has 0 bridgehead atoms. The molecular formula is C11H9BrF3NO4. The molecule has 0 aromatic heterocycles. The van der Waals surface area contributed by atoms with Crippen molar-refractivity contribution in [2.24, 2.45) is 0 Å². The number of rotatable bonds is 4. The first-order chi connectivity index (χ1) is 9.10. The van der Waals surface area contributed by atoms with Crippen molar-refractivity contribution in [3.05, 3.63) is 28.2 Å². The molecule has 9 heteroatoms. The van der Waals surface area contributed by atoms with E-state index in [4.69, 9.17) is 5.11 Å². The predicted octanol–water partition coefficient (Wildman–Crippen LogP) is 2.24. The summed E-state index contributed by atoms with van der Waals surface area (Å²) in [6.45, 7) is -2.83. The zero-order valence-corrected chi connectivity index (χ0v) is 11.4. The lowest BCUT2D eigenvalue weighted by molar-refractivity contribution is -0.149. The lowest BCUT2D eigenvalue weighted by Crippen LogP contribution is -2.42. The van der Waals surface area contributed by atoms with Crippen molar-refractivity contribution in [2.45, 2.75) is 6.18 Å². The molecule has 0 fully saturated rings. The quantitative estimate of drug-likeness (QED) is 0.868. The predicted molar refractivity (Wildman–Crippen MR) is 65.4 cm³/mol. The maximum atomic E-state index is 12.3. The molecule has 1 amide bonds. The summed E-state index contributed by atoms with van der Waals surface area (Å²) in [7, 11) is 0. The van der Waals surface area contributed by atoms with Crippen LogP contribution in [-0.4, -0.2) is 46.3 Å². The van der Waals surface area contributed by atoms with E-state index in [1.807, 2.05) is 0 Å². The molecule has 0 aliphatic carbocycles. The van der Waals surface area contributed by atoms with Gasteiger partial charge in [-0.1, -0.05) is 15.9 Å². The number of hydrogen-bond acceptors (Lipinski definition) is 3. The summed E-state index contributed by atoms with van der Waals surface area (Å²) in [6, 6.07) is 3.58. The average molecular weight is 356 g/mol. The number of carbonyl (C=O) groups excluding carboxylic acids is 1. The number of halogens is 4. The molecule has 0 unspecified atom stereocenters. The van der Waals surface area contributed by atoms with E-state index in [1.54, 1.807) is 0 Å². The second-order valence-corrected chi connectivity index (χ2v) is 4.75. The third kappa shape index (κ3) is 4.72. The van der Waals surface area contributed by atoms with Gasteiger partial charge in [0.1, 0.15) is 18.8 Å². The van der Waals surface area contributed by atoms with Gasteiger partial charge < -0.3 is 15.1 Å². The molecule has 1 aromatic carbocycles. The normalized spacial score (nSPS) is 11.2. The molecular weight excluding hydrogens is 347 g/mol. The van der Waals surface area contributed by atoms with Gasteiger partial charge in [-0.25, -0.2) is 0 Å². The Morgan fingerprint density at radius 2 is 1.90 bits per heavy atom. The number of carboxylic acids is 1. The van der Waals surface area contributed by atoms with E-state index in [1.165, 1.54) is 6.07 Å². The zero-order valence-electron chi connectivity index (χ0n) is 9.82. The van der Waals surface area contributed by atoms with E-state index >= 15 is 0 Å². The number of phenols is 1. The fraction of sp³-hybridized carbons (Fsp3) is 0.273. The van der Waals surface area contributed by atoms with Crippen LogP contribution in [0.5, 0.6) is 5.75 Å². The minimum atomic E-state index is -4.74. The molecule has 2 N–H and O–H groups in total. The second-order valence-electron chi connectivity index (χ2n) is 3.83. The maximum absolute atomic E-state index is 12.3. The van der Waals surface area contributed by atoms with Crippen LogP contribution >= 0.6 is 15.9 Å². The Kier molecular flexibility index (Phi) is 4.98. The largest absolute Gasteiger partial charge is 0.507 e. The van der Waals surface area contributed by atoms with Crippen LogP contribution in [-0.2, 0) is 4.79 Å². The minimum Gasteiger partial charge on any atom is -0.507 e. The van der Waals surface area contributed by atoms with Crippen LogP contribution in [0.3, 0.4) is 0 Å². The number of aromatic hydroxyl groups is 1. The monoisotopic (exact) mass is 355 g/mol. The first-order valence-electron chi connectivity index (χ1n) is 5.16. The summed E-state index contributed by atoms with van der Waals surface area (Å²) in [6.07, 6.45) is -4.74. The maximum Gasteiger partial charge on any atom is 0.406 e. The lowest BCUT2D eigenvalue weighted by atomic mass is 10.1. The third-order valence-corrected chi connectivity index (χ3v) is 2.67. The Labute approximate surface area is 119 Å². The van der Waals surface area contributed by atoms with Gasteiger partial charge in [0.05, 0.1) is 5.56 Å². The Hall–Kier alpha value is -1.77. The van der Waals surface area contributed by atoms with Crippen molar-refractivity contribution in [3.63, 3.8) is 0 Å². The molecule has 0 spiro atoms. The second kappa shape index (κ2) is 6.12. The smallest absolute Gasteiger partial charge is 0.406 e. The molecule has 0 saturated carbocycles. The standard InChI is InChI=1S/C11H9BrF3NO4/c12-6-1-2-7(8(17)3-6)10(20)16(4-9(18)19)5-11(13,14)15/h1-3,17H,4-5H2,(H,18,19). The summed E-state index contributed by atoms with van der Waals surface area (Å²) in [4.78, 5) is 22.5. The summed E-state index contributed by atoms with van der Waals surface area (Å²) in [5.74, 6) is -3.34. The lowest BCUT2D eigenvalue weighted by Gasteiger charge is -2.22. The molecule has 1 aromatic rings. The van der Waals surface area contributed by atoms with Gasteiger partial charge in [0.25, 0.3) is 5.91 Å². The Bertz CT molecular complexity index is 533. The topological polar surface area (TPSA) is 77.8 Å². The molecule has 0 heterocycles. The highest BCUT2D eigenvalue weighted by molar-refractivity contribution is 9.10. The number of phenolic OH excluding ortho intramolecular Hbond substituents is 1. The first-order valence-corrected chi connectivity index (χ1v) is 5.96. The summed E-state index contributed by atoms with van der Waals surface area (Å²) in [5, 5.41) is 18.1. The number of carboxylic acid groups (broad SMARTS) is 1. The van der Waals surface area contributed by atoms with Crippen molar-refractivity contribution in [1.82, 2.24) is 4.90 Å².